The Kier molecular flexibility index (Phi) is 4.70. The normalized spacial score (nSPS) is 10.2. The first-order valence-electron chi connectivity index (χ1n) is 7.33. The molecule has 0 atom stereocenters. The number of carbonyl (C=O) groups excluding carboxylic acids is 1. The molecule has 0 aliphatic carbocycles. The van der Waals surface area contributed by atoms with E-state index in [1.54, 1.807) is 29.6 Å². The molecular weight excluding hydrogens is 340 g/mol. The van der Waals surface area contributed by atoms with Crippen molar-refractivity contribution in [3.63, 3.8) is 0 Å². The van der Waals surface area contributed by atoms with Gasteiger partial charge in [0.25, 0.3) is 5.91 Å². The molecule has 9 nitrogen and oxygen atoms in total. The third-order valence-corrected chi connectivity index (χ3v) is 3.20. The second-order valence-electron chi connectivity index (χ2n) is 5.02. The van der Waals surface area contributed by atoms with Gasteiger partial charge in [-0.15, -0.1) is 10.2 Å². The zero-order valence-corrected chi connectivity index (χ0v) is 13.2. The maximum Gasteiger partial charge on any atom is 0.411 e. The van der Waals surface area contributed by atoms with Crippen molar-refractivity contribution in [1.82, 2.24) is 20.5 Å². The fourth-order valence-corrected chi connectivity index (χ4v) is 2.06. The number of pyridine rings is 1. The summed E-state index contributed by atoms with van der Waals surface area (Å²) in [6.07, 6.45) is -0.266. The number of para-hydroxylation sites is 1. The molecule has 3 N–H and O–H groups in total. The van der Waals surface area contributed by atoms with E-state index in [2.05, 4.69) is 15.2 Å². The van der Waals surface area contributed by atoms with Crippen molar-refractivity contribution in [3.05, 3.63) is 60.4 Å². The van der Waals surface area contributed by atoms with Gasteiger partial charge in [0.2, 0.25) is 5.88 Å². The number of benzene rings is 1. The van der Waals surface area contributed by atoms with Crippen LogP contribution in [0.3, 0.4) is 0 Å². The number of ether oxygens (including phenoxy) is 1. The number of carboxylic acid groups (broad SMARTS) is 1. The van der Waals surface area contributed by atoms with Gasteiger partial charge in [-0.2, -0.15) is 0 Å². The SMILES string of the molecule is O=C(O)NC(=O)c1ncc(-c2ccc(Oc3ccccc3)nn2)cc1O. The van der Waals surface area contributed by atoms with Gasteiger partial charge >= 0.3 is 6.09 Å². The van der Waals surface area contributed by atoms with E-state index in [4.69, 9.17) is 9.84 Å². The summed E-state index contributed by atoms with van der Waals surface area (Å²) in [5.41, 5.74) is 0.375. The van der Waals surface area contributed by atoms with Crippen molar-refractivity contribution in [2.75, 3.05) is 0 Å². The molecule has 3 rings (SSSR count). The molecule has 0 unspecified atom stereocenters. The van der Waals surface area contributed by atoms with Gasteiger partial charge < -0.3 is 14.9 Å². The molecule has 0 fully saturated rings. The van der Waals surface area contributed by atoms with E-state index in [9.17, 15) is 14.7 Å². The van der Waals surface area contributed by atoms with Crippen LogP contribution in [0.5, 0.6) is 17.4 Å². The average Bonchev–Trinajstić information content (AvgIpc) is 2.62. The number of carbonyl (C=O) groups is 2. The van der Waals surface area contributed by atoms with E-state index in [0.717, 1.165) is 0 Å². The van der Waals surface area contributed by atoms with Crippen LogP contribution in [0.4, 0.5) is 4.79 Å². The van der Waals surface area contributed by atoms with Crippen LogP contribution in [0.2, 0.25) is 0 Å². The molecule has 0 saturated heterocycles. The molecule has 130 valence electrons. The Morgan fingerprint density at radius 1 is 1.04 bits per heavy atom. The predicted octanol–water partition coefficient (Wildman–Crippen LogP) is 2.44. The monoisotopic (exact) mass is 352 g/mol. The highest BCUT2D eigenvalue weighted by molar-refractivity contribution is 6.02. The zero-order valence-electron chi connectivity index (χ0n) is 13.2. The maximum atomic E-state index is 11.6. The van der Waals surface area contributed by atoms with Crippen molar-refractivity contribution in [3.8, 4) is 28.6 Å². The summed E-state index contributed by atoms with van der Waals surface area (Å²) in [6.45, 7) is 0. The van der Waals surface area contributed by atoms with Gasteiger partial charge in [0, 0.05) is 17.8 Å². The molecular formula is C17H12N4O5. The van der Waals surface area contributed by atoms with E-state index in [0.29, 0.717) is 17.0 Å². The number of nitrogens with one attached hydrogen (secondary N) is 1. The number of nitrogens with zero attached hydrogens (tertiary/aromatic N) is 3. The minimum Gasteiger partial charge on any atom is -0.505 e. The van der Waals surface area contributed by atoms with Crippen LogP contribution in [0, 0.1) is 0 Å². The van der Waals surface area contributed by atoms with Crippen LogP contribution >= 0.6 is 0 Å². The minimum absolute atomic E-state index is 0.287. The van der Waals surface area contributed by atoms with Crippen molar-refractivity contribution in [2.45, 2.75) is 0 Å². The minimum atomic E-state index is -1.54. The highest BCUT2D eigenvalue weighted by atomic mass is 16.5. The maximum absolute atomic E-state index is 11.6. The Labute approximate surface area is 146 Å². The third-order valence-electron chi connectivity index (χ3n) is 3.20. The fraction of sp³-hybridized carbons (Fsp3) is 0. The first-order valence-corrected chi connectivity index (χ1v) is 7.33. The van der Waals surface area contributed by atoms with Crippen LogP contribution in [0.25, 0.3) is 11.3 Å². The predicted molar refractivity (Wildman–Crippen MR) is 88.9 cm³/mol. The molecule has 9 heteroatoms. The summed E-state index contributed by atoms with van der Waals surface area (Å²) >= 11 is 0. The molecule has 0 spiro atoms. The molecule has 0 radical (unpaired) electrons. The lowest BCUT2D eigenvalue weighted by atomic mass is 10.1. The van der Waals surface area contributed by atoms with Crippen molar-refractivity contribution < 1.29 is 24.5 Å². The van der Waals surface area contributed by atoms with E-state index in [1.165, 1.54) is 12.3 Å². The molecule has 1 aromatic carbocycles. The summed E-state index contributed by atoms with van der Waals surface area (Å²) in [6, 6.07) is 13.5. The number of rotatable bonds is 4. The van der Waals surface area contributed by atoms with Crippen LogP contribution in [-0.4, -0.2) is 37.4 Å². The Bertz CT molecular complexity index is 945. The van der Waals surface area contributed by atoms with E-state index < -0.39 is 23.4 Å². The summed E-state index contributed by atoms with van der Waals surface area (Å²) in [5, 5.41) is 28.0. The number of aromatic hydroxyl groups is 1. The molecule has 0 aliphatic rings. The number of hydrogen-bond donors (Lipinski definition) is 3. The molecule has 2 aromatic heterocycles. The van der Waals surface area contributed by atoms with E-state index in [-0.39, 0.29) is 5.88 Å². The highest BCUT2D eigenvalue weighted by Crippen LogP contribution is 2.25. The number of hydrogen-bond acceptors (Lipinski definition) is 7. The van der Waals surface area contributed by atoms with Gasteiger partial charge in [-0.05, 0) is 24.3 Å². The van der Waals surface area contributed by atoms with Gasteiger partial charge in [0.05, 0.1) is 5.69 Å². The van der Waals surface area contributed by atoms with Crippen LogP contribution < -0.4 is 10.1 Å². The van der Waals surface area contributed by atoms with Crippen molar-refractivity contribution >= 4 is 12.0 Å². The summed E-state index contributed by atoms with van der Waals surface area (Å²) in [5.74, 6) is -0.607. The second-order valence-corrected chi connectivity index (χ2v) is 5.02. The first kappa shape index (κ1) is 16.8. The Morgan fingerprint density at radius 2 is 1.81 bits per heavy atom. The molecule has 2 heterocycles. The van der Waals surface area contributed by atoms with E-state index >= 15 is 0 Å². The van der Waals surface area contributed by atoms with Gasteiger partial charge in [0.1, 0.15) is 11.5 Å². The Balaban J connectivity index is 1.78. The summed E-state index contributed by atoms with van der Waals surface area (Å²) < 4.78 is 5.53. The molecule has 0 aliphatic heterocycles. The van der Waals surface area contributed by atoms with Crippen LogP contribution in [0.15, 0.2) is 54.7 Å². The van der Waals surface area contributed by atoms with Gasteiger partial charge in [0.15, 0.2) is 5.69 Å². The zero-order chi connectivity index (χ0) is 18.5. The van der Waals surface area contributed by atoms with Gasteiger partial charge in [-0.3, -0.25) is 10.1 Å². The Morgan fingerprint density at radius 3 is 2.42 bits per heavy atom. The van der Waals surface area contributed by atoms with E-state index in [1.807, 2.05) is 18.2 Å². The summed E-state index contributed by atoms with van der Waals surface area (Å²) in [4.78, 5) is 25.8. The average molecular weight is 352 g/mol. The lowest BCUT2D eigenvalue weighted by Crippen LogP contribution is -2.29. The van der Waals surface area contributed by atoms with Crippen LogP contribution in [0.1, 0.15) is 10.5 Å². The highest BCUT2D eigenvalue weighted by Gasteiger charge is 2.16. The number of imide groups is 1. The number of aromatic nitrogens is 3. The van der Waals surface area contributed by atoms with Gasteiger partial charge in [-0.1, -0.05) is 18.2 Å². The lowest BCUT2D eigenvalue weighted by Gasteiger charge is -2.06. The van der Waals surface area contributed by atoms with Crippen molar-refractivity contribution in [2.24, 2.45) is 0 Å². The molecule has 0 saturated carbocycles. The summed E-state index contributed by atoms with van der Waals surface area (Å²) in [7, 11) is 0. The fourth-order valence-electron chi connectivity index (χ4n) is 2.06. The second kappa shape index (κ2) is 7.26. The molecule has 26 heavy (non-hydrogen) atoms. The largest absolute Gasteiger partial charge is 0.505 e. The number of amides is 2. The quantitative estimate of drug-likeness (QED) is 0.652. The molecule has 2 amide bonds. The lowest BCUT2D eigenvalue weighted by molar-refractivity contribution is 0.0940. The molecule has 3 aromatic rings. The van der Waals surface area contributed by atoms with Gasteiger partial charge in [-0.25, -0.2) is 9.78 Å². The molecule has 0 bridgehead atoms. The third kappa shape index (κ3) is 3.90. The standard InChI is InChI=1S/C17H12N4O5/c22-13-8-10(9-18-15(13)16(23)19-17(24)25)12-6-7-14(21-20-12)26-11-4-2-1-3-5-11/h1-9,22H,(H,19,23)(H,24,25). The first-order chi connectivity index (χ1) is 12.5. The Hall–Kier alpha value is -4.01. The smallest absolute Gasteiger partial charge is 0.411 e. The van der Waals surface area contributed by atoms with Crippen LogP contribution in [-0.2, 0) is 0 Å². The van der Waals surface area contributed by atoms with Crippen molar-refractivity contribution in [1.29, 1.82) is 0 Å². The topological polar surface area (TPSA) is 135 Å².